The van der Waals surface area contributed by atoms with Crippen LogP contribution in [0.5, 0.6) is 0 Å². The van der Waals surface area contributed by atoms with Crippen molar-refractivity contribution in [1.82, 2.24) is 9.55 Å². The molecule has 0 bridgehead atoms. The summed E-state index contributed by atoms with van der Waals surface area (Å²) in [6.45, 7) is 2.36. The molecule has 2 N–H and O–H groups in total. The Balaban J connectivity index is 1.21. The summed E-state index contributed by atoms with van der Waals surface area (Å²) in [5.41, 5.74) is 6.78. The van der Waals surface area contributed by atoms with Gasteiger partial charge in [-0.25, -0.2) is 4.98 Å². The number of amides is 2. The molecule has 2 aromatic heterocycles. The first kappa shape index (κ1) is 22.2. The summed E-state index contributed by atoms with van der Waals surface area (Å²) in [6.07, 6.45) is 7.18. The van der Waals surface area contributed by atoms with Crippen molar-refractivity contribution in [2.75, 3.05) is 10.6 Å². The van der Waals surface area contributed by atoms with E-state index in [1.165, 1.54) is 11.1 Å². The number of aromatic nitrogens is 2. The number of benzene rings is 2. The van der Waals surface area contributed by atoms with Crippen LogP contribution in [0.3, 0.4) is 0 Å². The van der Waals surface area contributed by atoms with Crippen LogP contribution in [0.2, 0.25) is 0 Å². The topological polar surface area (TPSA) is 93.1 Å². The summed E-state index contributed by atoms with van der Waals surface area (Å²) in [4.78, 5) is 40.7. The molecule has 0 saturated heterocycles. The van der Waals surface area contributed by atoms with Crippen molar-refractivity contribution >= 4 is 40.5 Å². The van der Waals surface area contributed by atoms with E-state index in [4.69, 9.17) is 0 Å². The minimum atomic E-state index is -0.202. The molecule has 36 heavy (non-hydrogen) atoms. The van der Waals surface area contributed by atoms with E-state index in [9.17, 15) is 14.4 Å². The molecule has 0 saturated carbocycles. The van der Waals surface area contributed by atoms with Crippen molar-refractivity contribution in [3.63, 3.8) is 0 Å². The second-order valence-electron chi connectivity index (χ2n) is 10.0. The summed E-state index contributed by atoms with van der Waals surface area (Å²) in [7, 11) is 0. The standard InChI is InChI=1S/C29H26N4O3/c1-29(23-5-3-11-30-28(23)31-17-34)13-18-7-9-21(12-20(18)14-29)32-26(36)16-33-15-19-8-10-25(35)22-4-2-6-24(33)27(19)22/h2-7,9,11-12,15,17H,8,10,13-14,16H2,1H3,(H,32,36)(H,30,31,34). The van der Waals surface area contributed by atoms with Gasteiger partial charge in [-0.1, -0.05) is 31.2 Å². The smallest absolute Gasteiger partial charge is 0.244 e. The lowest BCUT2D eigenvalue weighted by Gasteiger charge is -2.26. The lowest BCUT2D eigenvalue weighted by atomic mass is 9.80. The maximum atomic E-state index is 13.0. The van der Waals surface area contributed by atoms with Crippen molar-refractivity contribution in [2.45, 2.75) is 44.6 Å². The van der Waals surface area contributed by atoms with Crippen LogP contribution in [-0.4, -0.2) is 27.7 Å². The molecule has 4 aromatic rings. The van der Waals surface area contributed by atoms with Gasteiger partial charge in [0.25, 0.3) is 0 Å². The SMILES string of the molecule is CC1(c2cccnc2NC=O)Cc2ccc(NC(=O)Cn3cc4c5c(cccc53)C(=O)CC4)cc2C1. The van der Waals surface area contributed by atoms with E-state index in [2.05, 4.69) is 28.6 Å². The number of anilines is 2. The van der Waals surface area contributed by atoms with Crippen molar-refractivity contribution in [2.24, 2.45) is 0 Å². The fraction of sp³-hybridized carbons (Fsp3) is 0.241. The molecule has 6 rings (SSSR count). The number of carbonyl (C=O) groups excluding carboxylic acids is 3. The largest absolute Gasteiger partial charge is 0.338 e. The predicted octanol–water partition coefficient (Wildman–Crippen LogP) is 4.43. The third kappa shape index (κ3) is 3.68. The Labute approximate surface area is 208 Å². The molecule has 2 aromatic carbocycles. The molecule has 180 valence electrons. The van der Waals surface area contributed by atoms with Gasteiger partial charge in [0.1, 0.15) is 12.4 Å². The van der Waals surface area contributed by atoms with E-state index >= 15 is 0 Å². The highest BCUT2D eigenvalue weighted by molar-refractivity contribution is 6.11. The van der Waals surface area contributed by atoms with Crippen LogP contribution in [0.15, 0.2) is 60.9 Å². The number of hydrogen-bond acceptors (Lipinski definition) is 4. The fourth-order valence-corrected chi connectivity index (χ4v) is 5.93. The molecule has 0 spiro atoms. The Bertz CT molecular complexity index is 1550. The molecular formula is C29H26N4O3. The van der Waals surface area contributed by atoms with Crippen molar-refractivity contribution < 1.29 is 14.4 Å². The van der Waals surface area contributed by atoms with Gasteiger partial charge in [-0.2, -0.15) is 0 Å². The number of nitrogens with one attached hydrogen (secondary N) is 2. The Kier molecular flexibility index (Phi) is 5.21. The van der Waals surface area contributed by atoms with Crippen LogP contribution in [0.25, 0.3) is 10.9 Å². The maximum Gasteiger partial charge on any atom is 0.244 e. The molecule has 0 fully saturated rings. The van der Waals surface area contributed by atoms with Crippen LogP contribution < -0.4 is 10.6 Å². The van der Waals surface area contributed by atoms with Crippen molar-refractivity contribution in [1.29, 1.82) is 0 Å². The Hall–Kier alpha value is -4.26. The van der Waals surface area contributed by atoms with E-state index in [1.807, 2.05) is 53.2 Å². The molecule has 1 atom stereocenters. The summed E-state index contributed by atoms with van der Waals surface area (Å²) in [5, 5.41) is 6.76. The van der Waals surface area contributed by atoms with Crippen LogP contribution in [0.4, 0.5) is 11.5 Å². The number of hydrogen-bond donors (Lipinski definition) is 2. The van der Waals surface area contributed by atoms with E-state index < -0.39 is 0 Å². The average molecular weight is 479 g/mol. The van der Waals surface area contributed by atoms with Gasteiger partial charge in [-0.3, -0.25) is 14.4 Å². The molecule has 0 aliphatic heterocycles. The zero-order chi connectivity index (χ0) is 24.9. The second kappa shape index (κ2) is 8.45. The van der Waals surface area contributed by atoms with Gasteiger partial charge < -0.3 is 15.2 Å². The molecular weight excluding hydrogens is 452 g/mol. The van der Waals surface area contributed by atoms with Gasteiger partial charge in [0.2, 0.25) is 12.3 Å². The fourth-order valence-electron chi connectivity index (χ4n) is 5.93. The lowest BCUT2D eigenvalue weighted by molar-refractivity contribution is -0.116. The summed E-state index contributed by atoms with van der Waals surface area (Å²) < 4.78 is 1.94. The summed E-state index contributed by atoms with van der Waals surface area (Å²) in [6, 6.07) is 15.7. The molecule has 2 aliphatic carbocycles. The predicted molar refractivity (Wildman–Crippen MR) is 138 cm³/mol. The van der Waals surface area contributed by atoms with Gasteiger partial charge in [-0.05, 0) is 60.2 Å². The Morgan fingerprint density at radius 1 is 1.08 bits per heavy atom. The van der Waals surface area contributed by atoms with Crippen LogP contribution in [0, 0.1) is 0 Å². The number of pyridine rings is 1. The van der Waals surface area contributed by atoms with Crippen LogP contribution in [-0.2, 0) is 40.8 Å². The molecule has 1 unspecified atom stereocenters. The minimum absolute atomic E-state index is 0.111. The van der Waals surface area contributed by atoms with Crippen LogP contribution in [0.1, 0.15) is 46.0 Å². The number of fused-ring (bicyclic) bond motifs is 1. The summed E-state index contributed by atoms with van der Waals surface area (Å²) >= 11 is 0. The van der Waals surface area contributed by atoms with Crippen molar-refractivity contribution in [3.05, 3.63) is 88.7 Å². The monoisotopic (exact) mass is 478 g/mol. The summed E-state index contributed by atoms with van der Waals surface area (Å²) in [5.74, 6) is 0.643. The number of ketones is 1. The lowest BCUT2D eigenvalue weighted by Crippen LogP contribution is -2.24. The molecule has 2 aliphatic rings. The minimum Gasteiger partial charge on any atom is -0.338 e. The number of rotatable bonds is 6. The Morgan fingerprint density at radius 3 is 2.81 bits per heavy atom. The van der Waals surface area contributed by atoms with Crippen LogP contribution >= 0.6 is 0 Å². The first-order valence-electron chi connectivity index (χ1n) is 12.2. The molecule has 7 nitrogen and oxygen atoms in total. The van der Waals surface area contributed by atoms with Gasteiger partial charge in [-0.15, -0.1) is 0 Å². The highest BCUT2D eigenvalue weighted by Crippen LogP contribution is 2.42. The first-order chi connectivity index (χ1) is 17.4. The highest BCUT2D eigenvalue weighted by Gasteiger charge is 2.36. The van der Waals surface area contributed by atoms with Gasteiger partial charge in [0, 0.05) is 51.9 Å². The second-order valence-corrected chi connectivity index (χ2v) is 10.0. The number of nitrogens with zero attached hydrogens (tertiary/aromatic N) is 2. The Morgan fingerprint density at radius 2 is 1.94 bits per heavy atom. The van der Waals surface area contributed by atoms with E-state index in [-0.39, 0.29) is 23.7 Å². The first-order valence-corrected chi connectivity index (χ1v) is 12.2. The highest BCUT2D eigenvalue weighted by atomic mass is 16.2. The zero-order valence-corrected chi connectivity index (χ0v) is 20.0. The van der Waals surface area contributed by atoms with Gasteiger partial charge >= 0.3 is 0 Å². The number of Topliss-reactive ketones (excluding diaryl/α,β-unsaturated/α-hetero) is 1. The maximum absolute atomic E-state index is 13.0. The van der Waals surface area contributed by atoms with E-state index in [1.54, 1.807) is 6.20 Å². The van der Waals surface area contributed by atoms with Gasteiger partial charge in [0.15, 0.2) is 5.78 Å². The molecule has 0 radical (unpaired) electrons. The third-order valence-electron chi connectivity index (χ3n) is 7.53. The third-order valence-corrected chi connectivity index (χ3v) is 7.53. The molecule has 2 heterocycles. The van der Waals surface area contributed by atoms with Gasteiger partial charge in [0.05, 0.1) is 0 Å². The van der Waals surface area contributed by atoms with E-state index in [0.29, 0.717) is 25.1 Å². The zero-order valence-electron chi connectivity index (χ0n) is 20.0. The van der Waals surface area contributed by atoms with Crippen molar-refractivity contribution in [3.8, 4) is 0 Å². The number of carbonyl (C=O) groups is 3. The molecule has 7 heteroatoms. The quantitative estimate of drug-likeness (QED) is 0.401. The normalized spacial score (nSPS) is 18.2. The number of aryl methyl sites for hydroxylation is 1. The average Bonchev–Trinajstić information content (AvgIpc) is 3.40. The molecule has 2 amide bonds. The van der Waals surface area contributed by atoms with E-state index in [0.717, 1.165) is 46.1 Å².